The van der Waals surface area contributed by atoms with Crippen molar-refractivity contribution in [1.29, 1.82) is 0 Å². The molecule has 0 spiro atoms. The minimum absolute atomic E-state index is 0.0183. The molecule has 0 radical (unpaired) electrons. The highest BCUT2D eigenvalue weighted by Crippen LogP contribution is 2.26. The lowest BCUT2D eigenvalue weighted by Crippen LogP contribution is -2.28. The Kier molecular flexibility index (Phi) is 5.43. The molecule has 6 nitrogen and oxygen atoms in total. The Morgan fingerprint density at radius 2 is 1.56 bits per heavy atom. The second kappa shape index (κ2) is 7.62. The van der Waals surface area contributed by atoms with E-state index < -0.39 is 10.0 Å². The summed E-state index contributed by atoms with van der Waals surface area (Å²) in [5.74, 6) is -0.135. The molecule has 1 aliphatic carbocycles. The Morgan fingerprint density at radius 1 is 1.00 bits per heavy atom. The van der Waals surface area contributed by atoms with Crippen LogP contribution in [-0.4, -0.2) is 38.1 Å². The smallest absolute Gasteiger partial charge is 0.253 e. The standard InChI is InChI=1S/C20H22N2O4S/c1-14(23)16-7-11-19(12-8-16)27(25,26)21-13-15-3-5-17(6-4-15)20(24)22(2)18-9-10-18/h3-8,11-12,18,21H,9-10,13H2,1-2H3. The zero-order valence-corrected chi connectivity index (χ0v) is 16.1. The number of amides is 1. The van der Waals surface area contributed by atoms with Crippen LogP contribution in [0.5, 0.6) is 0 Å². The first kappa shape index (κ1) is 19.3. The fourth-order valence-electron chi connectivity index (χ4n) is 2.73. The van der Waals surface area contributed by atoms with E-state index in [-0.39, 0.29) is 23.1 Å². The molecule has 0 bridgehead atoms. The quantitative estimate of drug-likeness (QED) is 0.742. The molecule has 0 aromatic heterocycles. The van der Waals surface area contributed by atoms with Crippen LogP contribution in [0.25, 0.3) is 0 Å². The van der Waals surface area contributed by atoms with E-state index in [1.54, 1.807) is 36.2 Å². The first-order valence-corrected chi connectivity index (χ1v) is 10.2. The third kappa shape index (κ3) is 4.61. The van der Waals surface area contributed by atoms with E-state index in [1.807, 2.05) is 0 Å². The van der Waals surface area contributed by atoms with E-state index in [0.717, 1.165) is 18.4 Å². The fraction of sp³-hybridized carbons (Fsp3) is 0.300. The number of benzene rings is 2. The molecule has 7 heteroatoms. The van der Waals surface area contributed by atoms with Crippen molar-refractivity contribution in [3.63, 3.8) is 0 Å². The SMILES string of the molecule is CC(=O)c1ccc(S(=O)(=O)NCc2ccc(C(=O)N(C)C3CC3)cc2)cc1. The molecule has 1 saturated carbocycles. The maximum Gasteiger partial charge on any atom is 0.253 e. The maximum absolute atomic E-state index is 12.4. The van der Waals surface area contributed by atoms with Crippen molar-refractivity contribution < 1.29 is 18.0 Å². The fourth-order valence-corrected chi connectivity index (χ4v) is 3.74. The summed E-state index contributed by atoms with van der Waals surface area (Å²) < 4.78 is 27.3. The van der Waals surface area contributed by atoms with Crippen molar-refractivity contribution in [3.8, 4) is 0 Å². The summed E-state index contributed by atoms with van der Waals surface area (Å²) >= 11 is 0. The van der Waals surface area contributed by atoms with Gasteiger partial charge in [0.15, 0.2) is 5.78 Å². The van der Waals surface area contributed by atoms with Crippen LogP contribution in [0.4, 0.5) is 0 Å². The monoisotopic (exact) mass is 386 g/mol. The highest BCUT2D eigenvalue weighted by atomic mass is 32.2. The topological polar surface area (TPSA) is 83.5 Å². The molecule has 1 aliphatic rings. The van der Waals surface area contributed by atoms with Gasteiger partial charge >= 0.3 is 0 Å². The van der Waals surface area contributed by atoms with E-state index in [4.69, 9.17) is 0 Å². The number of Topliss-reactive ketones (excluding diaryl/α,β-unsaturated/α-hetero) is 1. The number of nitrogens with one attached hydrogen (secondary N) is 1. The van der Waals surface area contributed by atoms with Crippen LogP contribution >= 0.6 is 0 Å². The molecule has 0 saturated heterocycles. The summed E-state index contributed by atoms with van der Waals surface area (Å²) in [6, 6.07) is 13.1. The second-order valence-electron chi connectivity index (χ2n) is 6.75. The number of sulfonamides is 1. The molecule has 1 amide bonds. The van der Waals surface area contributed by atoms with E-state index in [1.165, 1.54) is 31.2 Å². The van der Waals surface area contributed by atoms with Crippen molar-refractivity contribution in [3.05, 3.63) is 65.2 Å². The van der Waals surface area contributed by atoms with E-state index in [0.29, 0.717) is 17.2 Å². The number of carbonyl (C=O) groups is 2. The Labute approximate surface area is 159 Å². The van der Waals surface area contributed by atoms with Gasteiger partial charge in [0.2, 0.25) is 10.0 Å². The second-order valence-corrected chi connectivity index (χ2v) is 8.52. The zero-order valence-electron chi connectivity index (χ0n) is 15.3. The van der Waals surface area contributed by atoms with Crippen LogP contribution < -0.4 is 4.72 Å². The van der Waals surface area contributed by atoms with Gasteiger partial charge in [-0.2, -0.15) is 0 Å². The average Bonchev–Trinajstić information content (AvgIpc) is 3.51. The van der Waals surface area contributed by atoms with Gasteiger partial charge in [-0.3, -0.25) is 9.59 Å². The minimum atomic E-state index is -3.68. The highest BCUT2D eigenvalue weighted by Gasteiger charge is 2.29. The molecule has 0 aliphatic heterocycles. The lowest BCUT2D eigenvalue weighted by atomic mass is 10.1. The average molecular weight is 386 g/mol. The van der Waals surface area contributed by atoms with Crippen LogP contribution in [0.15, 0.2) is 53.4 Å². The zero-order chi connectivity index (χ0) is 19.6. The van der Waals surface area contributed by atoms with Gasteiger partial charge in [-0.15, -0.1) is 0 Å². The predicted octanol–water partition coefficient (Wildman–Crippen LogP) is 2.60. The Hall–Kier alpha value is -2.51. The number of rotatable bonds is 7. The molecule has 0 unspecified atom stereocenters. The molecule has 142 valence electrons. The molecule has 1 fully saturated rings. The van der Waals surface area contributed by atoms with E-state index in [2.05, 4.69) is 4.72 Å². The molecular formula is C20H22N2O4S. The van der Waals surface area contributed by atoms with Gasteiger partial charge < -0.3 is 4.90 Å². The summed E-state index contributed by atoms with van der Waals surface area (Å²) in [6.07, 6.45) is 2.10. The van der Waals surface area contributed by atoms with Crippen molar-refractivity contribution in [1.82, 2.24) is 9.62 Å². The van der Waals surface area contributed by atoms with Crippen molar-refractivity contribution in [2.24, 2.45) is 0 Å². The number of hydrogen-bond donors (Lipinski definition) is 1. The number of hydrogen-bond acceptors (Lipinski definition) is 4. The summed E-state index contributed by atoms with van der Waals surface area (Å²) in [6.45, 7) is 1.54. The van der Waals surface area contributed by atoms with E-state index >= 15 is 0 Å². The van der Waals surface area contributed by atoms with Crippen molar-refractivity contribution in [2.75, 3.05) is 7.05 Å². The van der Waals surface area contributed by atoms with Crippen molar-refractivity contribution >= 4 is 21.7 Å². The summed E-state index contributed by atoms with van der Waals surface area (Å²) in [4.78, 5) is 25.4. The Bertz CT molecular complexity index is 946. The van der Waals surface area contributed by atoms with E-state index in [9.17, 15) is 18.0 Å². The summed E-state index contributed by atoms with van der Waals surface area (Å²) in [7, 11) is -1.88. The van der Waals surface area contributed by atoms with Crippen molar-refractivity contribution in [2.45, 2.75) is 37.2 Å². The van der Waals surface area contributed by atoms with Gasteiger partial charge in [0.05, 0.1) is 4.90 Å². The van der Waals surface area contributed by atoms with Crippen LogP contribution in [-0.2, 0) is 16.6 Å². The summed E-state index contributed by atoms with van der Waals surface area (Å²) in [5.41, 5.74) is 1.81. The molecule has 2 aromatic rings. The summed E-state index contributed by atoms with van der Waals surface area (Å²) in [5, 5.41) is 0. The van der Waals surface area contributed by atoms with Crippen LogP contribution in [0.1, 0.15) is 46.0 Å². The van der Waals surface area contributed by atoms with Gasteiger partial charge in [-0.1, -0.05) is 24.3 Å². The molecule has 27 heavy (non-hydrogen) atoms. The first-order valence-electron chi connectivity index (χ1n) is 8.75. The third-order valence-electron chi connectivity index (χ3n) is 4.65. The number of ketones is 1. The van der Waals surface area contributed by atoms with Gasteiger partial charge in [0.25, 0.3) is 5.91 Å². The number of nitrogens with zero attached hydrogens (tertiary/aromatic N) is 1. The minimum Gasteiger partial charge on any atom is -0.339 e. The van der Waals surface area contributed by atoms with Gasteiger partial charge in [-0.05, 0) is 49.6 Å². The van der Waals surface area contributed by atoms with Gasteiger partial charge in [0.1, 0.15) is 0 Å². The number of carbonyl (C=O) groups excluding carboxylic acids is 2. The largest absolute Gasteiger partial charge is 0.339 e. The van der Waals surface area contributed by atoms with Crippen LogP contribution in [0.2, 0.25) is 0 Å². The lowest BCUT2D eigenvalue weighted by molar-refractivity contribution is 0.0785. The molecule has 1 N–H and O–H groups in total. The first-order chi connectivity index (χ1) is 12.8. The Balaban J connectivity index is 1.63. The maximum atomic E-state index is 12.4. The highest BCUT2D eigenvalue weighted by molar-refractivity contribution is 7.89. The molecule has 3 rings (SSSR count). The lowest BCUT2D eigenvalue weighted by Gasteiger charge is -2.16. The normalized spacial score (nSPS) is 14.0. The molecular weight excluding hydrogens is 364 g/mol. The molecule has 0 heterocycles. The molecule has 2 aromatic carbocycles. The molecule has 0 atom stereocenters. The van der Waals surface area contributed by atoms with Crippen LogP contribution in [0, 0.1) is 0 Å². The van der Waals surface area contributed by atoms with Crippen LogP contribution in [0.3, 0.4) is 0 Å². The predicted molar refractivity (Wildman–Crippen MR) is 102 cm³/mol. The van der Waals surface area contributed by atoms with Gasteiger partial charge in [-0.25, -0.2) is 13.1 Å². The third-order valence-corrected chi connectivity index (χ3v) is 6.07. The Morgan fingerprint density at radius 3 is 2.07 bits per heavy atom. The van der Waals surface area contributed by atoms with Gasteiger partial charge in [0, 0.05) is 30.8 Å².